The van der Waals surface area contributed by atoms with Gasteiger partial charge in [0, 0.05) is 25.3 Å². The Kier molecular flexibility index (Phi) is 6.33. The van der Waals surface area contributed by atoms with Crippen LogP contribution in [0.5, 0.6) is 0 Å². The van der Waals surface area contributed by atoms with Gasteiger partial charge in [0.15, 0.2) is 0 Å². The van der Waals surface area contributed by atoms with E-state index in [1.165, 1.54) is 24.9 Å². The van der Waals surface area contributed by atoms with E-state index in [2.05, 4.69) is 33.9 Å². The van der Waals surface area contributed by atoms with Gasteiger partial charge in [-0.2, -0.15) is 0 Å². The third-order valence-electron chi connectivity index (χ3n) is 4.83. The van der Waals surface area contributed by atoms with Crippen LogP contribution in [0.4, 0.5) is 5.69 Å². The minimum absolute atomic E-state index is 0.0303. The van der Waals surface area contributed by atoms with E-state index in [0.717, 1.165) is 29.8 Å². The largest absolute Gasteiger partial charge is 0.372 e. The predicted molar refractivity (Wildman–Crippen MR) is 108 cm³/mol. The van der Waals surface area contributed by atoms with Crippen molar-refractivity contribution in [1.29, 1.82) is 0 Å². The SMILES string of the molecule is Cc1cccc(CS(=O)(=O)NCCc2ccc(N3CCCCC3)cc2)c1. The van der Waals surface area contributed by atoms with Crippen molar-refractivity contribution < 1.29 is 8.42 Å². The van der Waals surface area contributed by atoms with Crippen LogP contribution in [0.1, 0.15) is 36.0 Å². The van der Waals surface area contributed by atoms with Crippen molar-refractivity contribution in [2.45, 2.75) is 38.4 Å². The first-order valence-corrected chi connectivity index (χ1v) is 11.0. The van der Waals surface area contributed by atoms with E-state index >= 15 is 0 Å². The number of hydrogen-bond donors (Lipinski definition) is 1. The number of aryl methyl sites for hydroxylation is 1. The summed E-state index contributed by atoms with van der Waals surface area (Å²) in [4.78, 5) is 2.43. The van der Waals surface area contributed by atoms with Gasteiger partial charge in [-0.25, -0.2) is 13.1 Å². The number of rotatable bonds is 7. The van der Waals surface area contributed by atoms with Crippen LogP contribution in [0.3, 0.4) is 0 Å². The van der Waals surface area contributed by atoms with Crippen LogP contribution in [0.2, 0.25) is 0 Å². The average Bonchev–Trinajstić information content (AvgIpc) is 2.62. The molecule has 0 aromatic heterocycles. The summed E-state index contributed by atoms with van der Waals surface area (Å²) >= 11 is 0. The Labute approximate surface area is 157 Å². The molecule has 2 aromatic rings. The van der Waals surface area contributed by atoms with Gasteiger partial charge in [-0.05, 0) is 55.9 Å². The molecule has 0 aliphatic carbocycles. The summed E-state index contributed by atoms with van der Waals surface area (Å²) in [6.07, 6.45) is 4.57. The summed E-state index contributed by atoms with van der Waals surface area (Å²) in [5.74, 6) is 0.0303. The zero-order chi connectivity index (χ0) is 18.4. The molecule has 1 fully saturated rings. The molecule has 26 heavy (non-hydrogen) atoms. The molecule has 0 amide bonds. The number of nitrogens with one attached hydrogen (secondary N) is 1. The molecule has 0 spiro atoms. The Morgan fingerprint density at radius 1 is 0.962 bits per heavy atom. The van der Waals surface area contributed by atoms with E-state index in [9.17, 15) is 8.42 Å². The first-order valence-electron chi connectivity index (χ1n) is 9.39. The second-order valence-electron chi connectivity index (χ2n) is 7.11. The molecule has 1 aliphatic rings. The van der Waals surface area contributed by atoms with Gasteiger partial charge in [-0.1, -0.05) is 42.0 Å². The highest BCUT2D eigenvalue weighted by molar-refractivity contribution is 7.88. The molecule has 2 aromatic carbocycles. The number of nitrogens with zero attached hydrogens (tertiary/aromatic N) is 1. The molecule has 0 bridgehead atoms. The summed E-state index contributed by atoms with van der Waals surface area (Å²) in [6.45, 7) is 4.67. The number of benzene rings is 2. The van der Waals surface area contributed by atoms with Crippen LogP contribution < -0.4 is 9.62 Å². The number of anilines is 1. The van der Waals surface area contributed by atoms with E-state index in [0.29, 0.717) is 13.0 Å². The highest BCUT2D eigenvalue weighted by Crippen LogP contribution is 2.20. The molecule has 0 atom stereocenters. The van der Waals surface area contributed by atoms with Gasteiger partial charge in [-0.15, -0.1) is 0 Å². The fourth-order valence-electron chi connectivity index (χ4n) is 3.45. The molecule has 1 N–H and O–H groups in total. The van der Waals surface area contributed by atoms with Crippen LogP contribution in [-0.4, -0.2) is 28.1 Å². The topological polar surface area (TPSA) is 49.4 Å². The molecule has 4 nitrogen and oxygen atoms in total. The Hall–Kier alpha value is -1.85. The molecule has 0 unspecified atom stereocenters. The van der Waals surface area contributed by atoms with Crippen LogP contribution in [0.25, 0.3) is 0 Å². The predicted octanol–water partition coefficient (Wildman–Crippen LogP) is 3.65. The molecule has 1 heterocycles. The lowest BCUT2D eigenvalue weighted by Gasteiger charge is -2.28. The maximum Gasteiger partial charge on any atom is 0.215 e. The van der Waals surface area contributed by atoms with Gasteiger partial charge >= 0.3 is 0 Å². The molecular formula is C21H28N2O2S. The highest BCUT2D eigenvalue weighted by Gasteiger charge is 2.12. The van der Waals surface area contributed by atoms with Gasteiger partial charge in [0.05, 0.1) is 5.75 Å². The first-order chi connectivity index (χ1) is 12.5. The minimum atomic E-state index is -3.31. The molecule has 1 saturated heterocycles. The Balaban J connectivity index is 1.49. The molecule has 3 rings (SSSR count). The van der Waals surface area contributed by atoms with Gasteiger partial charge < -0.3 is 4.90 Å². The average molecular weight is 373 g/mol. The third-order valence-corrected chi connectivity index (χ3v) is 6.19. The number of sulfonamides is 1. The van der Waals surface area contributed by atoms with Gasteiger partial charge in [-0.3, -0.25) is 0 Å². The first kappa shape index (κ1) is 18.9. The maximum absolute atomic E-state index is 12.2. The standard InChI is InChI=1S/C21H28N2O2S/c1-18-6-5-7-20(16-18)17-26(24,25)22-13-12-19-8-10-21(11-9-19)23-14-3-2-4-15-23/h5-11,16,22H,2-4,12-15,17H2,1H3. The van der Waals surface area contributed by atoms with Crippen LogP contribution in [0.15, 0.2) is 48.5 Å². The minimum Gasteiger partial charge on any atom is -0.372 e. The zero-order valence-electron chi connectivity index (χ0n) is 15.4. The van der Waals surface area contributed by atoms with Crippen molar-refractivity contribution in [3.05, 3.63) is 65.2 Å². The van der Waals surface area contributed by atoms with Crippen molar-refractivity contribution in [2.24, 2.45) is 0 Å². The third kappa shape index (κ3) is 5.58. The van der Waals surface area contributed by atoms with Gasteiger partial charge in [0.25, 0.3) is 0 Å². The summed E-state index contributed by atoms with van der Waals surface area (Å²) in [7, 11) is -3.31. The maximum atomic E-state index is 12.2. The van der Waals surface area contributed by atoms with Crippen LogP contribution in [0, 0.1) is 6.92 Å². The normalized spacial score (nSPS) is 15.2. The van der Waals surface area contributed by atoms with Crippen LogP contribution >= 0.6 is 0 Å². The van der Waals surface area contributed by atoms with Crippen molar-refractivity contribution in [2.75, 3.05) is 24.5 Å². The lowest BCUT2D eigenvalue weighted by Crippen LogP contribution is -2.29. The summed E-state index contributed by atoms with van der Waals surface area (Å²) in [5.41, 5.74) is 4.33. The summed E-state index contributed by atoms with van der Waals surface area (Å²) < 4.78 is 27.2. The Bertz CT molecular complexity index is 810. The lowest BCUT2D eigenvalue weighted by atomic mass is 10.1. The molecule has 140 valence electrons. The van der Waals surface area contributed by atoms with Crippen LogP contribution in [-0.2, 0) is 22.2 Å². The fraction of sp³-hybridized carbons (Fsp3) is 0.429. The molecular weight excluding hydrogens is 344 g/mol. The van der Waals surface area contributed by atoms with Crippen molar-refractivity contribution in [3.63, 3.8) is 0 Å². The molecule has 5 heteroatoms. The number of hydrogen-bond acceptors (Lipinski definition) is 3. The van der Waals surface area contributed by atoms with Crippen molar-refractivity contribution >= 4 is 15.7 Å². The monoisotopic (exact) mass is 372 g/mol. The van der Waals surface area contributed by atoms with Gasteiger partial charge in [0.2, 0.25) is 10.0 Å². The van der Waals surface area contributed by atoms with Crippen molar-refractivity contribution in [1.82, 2.24) is 4.72 Å². The number of piperidine rings is 1. The van der Waals surface area contributed by atoms with Gasteiger partial charge in [0.1, 0.15) is 0 Å². The quantitative estimate of drug-likeness (QED) is 0.807. The summed E-state index contributed by atoms with van der Waals surface area (Å²) in [5, 5.41) is 0. The van der Waals surface area contributed by atoms with Crippen molar-refractivity contribution in [3.8, 4) is 0 Å². The van der Waals surface area contributed by atoms with E-state index in [4.69, 9.17) is 0 Å². The zero-order valence-corrected chi connectivity index (χ0v) is 16.3. The highest BCUT2D eigenvalue weighted by atomic mass is 32.2. The lowest BCUT2D eigenvalue weighted by molar-refractivity contribution is 0.577. The van der Waals surface area contributed by atoms with E-state index in [1.54, 1.807) is 0 Å². The fourth-order valence-corrected chi connectivity index (χ4v) is 4.58. The molecule has 0 radical (unpaired) electrons. The van der Waals surface area contributed by atoms with E-state index in [1.807, 2.05) is 31.2 Å². The molecule has 1 aliphatic heterocycles. The second-order valence-corrected chi connectivity index (χ2v) is 8.91. The Morgan fingerprint density at radius 3 is 2.38 bits per heavy atom. The second kappa shape index (κ2) is 8.69. The van der Waals surface area contributed by atoms with E-state index < -0.39 is 10.0 Å². The van der Waals surface area contributed by atoms with E-state index in [-0.39, 0.29) is 5.75 Å². The summed E-state index contributed by atoms with van der Waals surface area (Å²) in [6, 6.07) is 16.2. The molecule has 0 saturated carbocycles. The Morgan fingerprint density at radius 2 is 1.69 bits per heavy atom. The smallest absolute Gasteiger partial charge is 0.215 e.